The Hall–Kier alpha value is -1.98. The van der Waals surface area contributed by atoms with Crippen molar-refractivity contribution < 1.29 is 5.21 Å². The van der Waals surface area contributed by atoms with Crippen molar-refractivity contribution in [1.82, 2.24) is 25.1 Å². The van der Waals surface area contributed by atoms with Gasteiger partial charge in [-0.15, -0.1) is 10.2 Å². The van der Waals surface area contributed by atoms with Crippen LogP contribution in [-0.2, 0) is 0 Å². The van der Waals surface area contributed by atoms with Gasteiger partial charge in [0.25, 0.3) is 0 Å². The first-order valence-corrected chi connectivity index (χ1v) is 3.68. The number of hydrogen-bond donors (Lipinski definition) is 1. The van der Waals surface area contributed by atoms with E-state index in [1.54, 1.807) is 25.4 Å². The third kappa shape index (κ3) is 1.33. The molecule has 0 aromatic carbocycles. The monoisotopic (exact) mass is 177 g/mol. The lowest BCUT2D eigenvalue weighted by molar-refractivity contribution is 0.110. The lowest BCUT2D eigenvalue weighted by Gasteiger charge is -1.91. The van der Waals surface area contributed by atoms with Crippen LogP contribution in [0.3, 0.4) is 0 Å². The van der Waals surface area contributed by atoms with Crippen molar-refractivity contribution in [2.45, 2.75) is 6.92 Å². The molecule has 0 aliphatic carbocycles. The molecule has 0 spiro atoms. The van der Waals surface area contributed by atoms with E-state index >= 15 is 0 Å². The first-order valence-electron chi connectivity index (χ1n) is 3.68. The molecular weight excluding hydrogens is 170 g/mol. The van der Waals surface area contributed by atoms with Gasteiger partial charge in [-0.2, -0.15) is 0 Å². The lowest BCUT2D eigenvalue weighted by atomic mass is 10.3. The van der Waals surface area contributed by atoms with Crippen LogP contribution in [0.1, 0.15) is 5.69 Å². The molecule has 2 heterocycles. The Morgan fingerprint density at radius 3 is 2.46 bits per heavy atom. The maximum Gasteiger partial charge on any atom is 0.182 e. The standard InChI is InChI=1S/C7H7N5O/c1-5-6(11-12(13)10-5)7-8-3-2-4-9-7/h2-4,13H,1H3. The summed E-state index contributed by atoms with van der Waals surface area (Å²) < 4.78 is 0. The molecule has 0 saturated heterocycles. The summed E-state index contributed by atoms with van der Waals surface area (Å²) in [4.78, 5) is 8.49. The predicted molar refractivity (Wildman–Crippen MR) is 43.0 cm³/mol. The van der Waals surface area contributed by atoms with Gasteiger partial charge in [0, 0.05) is 12.4 Å². The fraction of sp³-hybridized carbons (Fsp3) is 0.143. The van der Waals surface area contributed by atoms with Crippen LogP contribution in [0.15, 0.2) is 18.5 Å². The molecular formula is C7H7N5O. The lowest BCUT2D eigenvalue weighted by Crippen LogP contribution is -1.94. The Morgan fingerprint density at radius 1 is 1.23 bits per heavy atom. The van der Waals surface area contributed by atoms with E-state index in [0.29, 0.717) is 22.2 Å². The molecule has 0 radical (unpaired) electrons. The summed E-state index contributed by atoms with van der Waals surface area (Å²) in [6.45, 7) is 1.73. The summed E-state index contributed by atoms with van der Waals surface area (Å²) in [5.74, 6) is 0.459. The molecule has 2 rings (SSSR count). The summed E-state index contributed by atoms with van der Waals surface area (Å²) in [7, 11) is 0. The third-order valence-electron chi connectivity index (χ3n) is 1.55. The fourth-order valence-electron chi connectivity index (χ4n) is 0.994. The minimum Gasteiger partial charge on any atom is -0.396 e. The molecule has 0 aliphatic heterocycles. The summed E-state index contributed by atoms with van der Waals surface area (Å²) in [6.07, 6.45) is 3.22. The van der Waals surface area contributed by atoms with Crippen molar-refractivity contribution in [3.05, 3.63) is 24.2 Å². The molecule has 0 fully saturated rings. The van der Waals surface area contributed by atoms with Gasteiger partial charge in [0.1, 0.15) is 0 Å². The molecule has 0 atom stereocenters. The Kier molecular flexibility index (Phi) is 1.66. The van der Waals surface area contributed by atoms with Gasteiger partial charge in [-0.05, 0) is 17.9 Å². The molecule has 13 heavy (non-hydrogen) atoms. The maximum atomic E-state index is 8.93. The average molecular weight is 177 g/mol. The predicted octanol–water partition coefficient (Wildman–Crippen LogP) is 0.281. The number of rotatable bonds is 1. The number of nitrogens with zero attached hydrogens (tertiary/aromatic N) is 5. The highest BCUT2D eigenvalue weighted by atomic mass is 16.5. The highest BCUT2D eigenvalue weighted by Gasteiger charge is 2.10. The summed E-state index contributed by atoms with van der Waals surface area (Å²) in [5, 5.41) is 16.3. The normalized spacial score (nSPS) is 10.2. The molecule has 0 unspecified atom stereocenters. The molecule has 0 amide bonds. The smallest absolute Gasteiger partial charge is 0.182 e. The molecule has 0 aliphatic rings. The number of aromatic nitrogens is 5. The topological polar surface area (TPSA) is 76.7 Å². The number of hydrogen-bond acceptors (Lipinski definition) is 5. The van der Waals surface area contributed by atoms with Gasteiger partial charge in [0.05, 0.1) is 5.69 Å². The van der Waals surface area contributed by atoms with Crippen LogP contribution < -0.4 is 0 Å². The van der Waals surface area contributed by atoms with Gasteiger partial charge in [0.2, 0.25) is 0 Å². The van der Waals surface area contributed by atoms with Crippen LogP contribution in [0, 0.1) is 6.92 Å². The van der Waals surface area contributed by atoms with Crippen LogP contribution in [-0.4, -0.2) is 30.3 Å². The van der Waals surface area contributed by atoms with E-state index in [0.717, 1.165) is 0 Å². The zero-order valence-electron chi connectivity index (χ0n) is 6.92. The molecule has 6 nitrogen and oxygen atoms in total. The third-order valence-corrected chi connectivity index (χ3v) is 1.55. The van der Waals surface area contributed by atoms with Gasteiger partial charge < -0.3 is 5.21 Å². The average Bonchev–Trinajstić information content (AvgIpc) is 2.47. The Balaban J connectivity index is 2.53. The SMILES string of the molecule is Cc1nn(O)nc1-c1ncccn1. The first kappa shape index (κ1) is 7.66. The second kappa shape index (κ2) is 2.81. The Labute approximate surface area is 73.8 Å². The van der Waals surface area contributed by atoms with Crippen LogP contribution in [0.2, 0.25) is 0 Å². The van der Waals surface area contributed by atoms with E-state index in [2.05, 4.69) is 20.2 Å². The van der Waals surface area contributed by atoms with Crippen molar-refractivity contribution in [2.24, 2.45) is 0 Å². The Bertz CT molecular complexity index is 410. The van der Waals surface area contributed by atoms with Gasteiger partial charge in [-0.1, -0.05) is 0 Å². The highest BCUT2D eigenvalue weighted by molar-refractivity contribution is 5.50. The van der Waals surface area contributed by atoms with Crippen LogP contribution in [0.5, 0.6) is 0 Å². The molecule has 2 aromatic heterocycles. The quantitative estimate of drug-likeness (QED) is 0.633. The minimum atomic E-state index is 0.459. The first-order chi connectivity index (χ1) is 6.27. The van der Waals surface area contributed by atoms with Crippen LogP contribution in [0.4, 0.5) is 0 Å². The molecule has 0 bridgehead atoms. The molecule has 1 N–H and O–H groups in total. The Morgan fingerprint density at radius 2 is 1.92 bits per heavy atom. The highest BCUT2D eigenvalue weighted by Crippen LogP contribution is 2.12. The van der Waals surface area contributed by atoms with Crippen molar-refractivity contribution in [2.75, 3.05) is 0 Å². The van der Waals surface area contributed by atoms with E-state index in [1.807, 2.05) is 0 Å². The zero-order valence-corrected chi connectivity index (χ0v) is 6.92. The second-order valence-electron chi connectivity index (χ2n) is 2.47. The van der Waals surface area contributed by atoms with E-state index < -0.39 is 0 Å². The molecule has 0 saturated carbocycles. The van der Waals surface area contributed by atoms with E-state index in [9.17, 15) is 0 Å². The maximum absolute atomic E-state index is 8.93. The van der Waals surface area contributed by atoms with E-state index in [4.69, 9.17) is 5.21 Å². The summed E-state index contributed by atoms with van der Waals surface area (Å²) >= 11 is 0. The zero-order chi connectivity index (χ0) is 9.26. The summed E-state index contributed by atoms with van der Waals surface area (Å²) in [5.41, 5.74) is 1.08. The van der Waals surface area contributed by atoms with E-state index in [-0.39, 0.29) is 0 Å². The van der Waals surface area contributed by atoms with Crippen LogP contribution >= 0.6 is 0 Å². The van der Waals surface area contributed by atoms with Gasteiger partial charge in [0.15, 0.2) is 11.5 Å². The van der Waals surface area contributed by atoms with E-state index in [1.165, 1.54) is 0 Å². The minimum absolute atomic E-state index is 0.459. The molecule has 6 heteroatoms. The summed E-state index contributed by atoms with van der Waals surface area (Å²) in [6, 6.07) is 1.71. The van der Waals surface area contributed by atoms with Crippen molar-refractivity contribution in [1.29, 1.82) is 0 Å². The van der Waals surface area contributed by atoms with Crippen molar-refractivity contribution >= 4 is 0 Å². The van der Waals surface area contributed by atoms with Crippen molar-refractivity contribution in [3.8, 4) is 11.5 Å². The molecule has 66 valence electrons. The van der Waals surface area contributed by atoms with Gasteiger partial charge in [-0.3, -0.25) is 0 Å². The van der Waals surface area contributed by atoms with Gasteiger partial charge in [-0.25, -0.2) is 9.97 Å². The molecule has 2 aromatic rings. The largest absolute Gasteiger partial charge is 0.396 e. The van der Waals surface area contributed by atoms with Crippen molar-refractivity contribution in [3.63, 3.8) is 0 Å². The fourth-order valence-corrected chi connectivity index (χ4v) is 0.994. The number of aryl methyl sites for hydroxylation is 1. The second-order valence-corrected chi connectivity index (χ2v) is 2.47. The van der Waals surface area contributed by atoms with Crippen LogP contribution in [0.25, 0.3) is 11.5 Å². The van der Waals surface area contributed by atoms with Gasteiger partial charge >= 0.3 is 0 Å².